The van der Waals surface area contributed by atoms with Gasteiger partial charge in [0.25, 0.3) is 0 Å². The van der Waals surface area contributed by atoms with Crippen LogP contribution in [0, 0.1) is 5.92 Å². The van der Waals surface area contributed by atoms with Gasteiger partial charge in [-0.3, -0.25) is 0 Å². The molecule has 0 saturated carbocycles. The maximum Gasteiger partial charge on any atom is 0.126 e. The topological polar surface area (TPSA) is 12.4 Å². The number of fused-ring (bicyclic) bond motifs is 1. The van der Waals surface area contributed by atoms with Gasteiger partial charge in [-0.1, -0.05) is 36.5 Å². The molecule has 0 N–H and O–H groups in total. The number of hydrogen-bond donors (Lipinski definition) is 0. The minimum atomic E-state index is 0.353. The minimum Gasteiger partial charge on any atom is -0.241 e. The average Bonchev–Trinajstić information content (AvgIpc) is 2.04. The van der Waals surface area contributed by atoms with Gasteiger partial charge in [0, 0.05) is 5.92 Å². The maximum absolute atomic E-state index is 4.94. The second-order valence-corrected chi connectivity index (χ2v) is 2.92. The van der Waals surface area contributed by atoms with Crippen LogP contribution in [0.2, 0.25) is 0 Å². The van der Waals surface area contributed by atoms with Gasteiger partial charge in [-0.15, -0.1) is 0 Å². The van der Waals surface area contributed by atoms with Crippen molar-refractivity contribution >= 4 is 22.9 Å². The van der Waals surface area contributed by atoms with Gasteiger partial charge in [0.15, 0.2) is 0 Å². The lowest BCUT2D eigenvalue weighted by Crippen LogP contribution is -2.14. The summed E-state index contributed by atoms with van der Waals surface area (Å²) in [7, 11) is 0. The number of aliphatic imine (C=N–C) groups is 1. The molecule has 0 aromatic rings. The van der Waals surface area contributed by atoms with E-state index in [0.29, 0.717) is 10.9 Å². The summed E-state index contributed by atoms with van der Waals surface area (Å²) in [4.78, 5) is 4.90. The van der Waals surface area contributed by atoms with E-state index in [9.17, 15) is 0 Å². The molecule has 1 nitrogen and oxygen atoms in total. The molecule has 2 aliphatic rings. The van der Waals surface area contributed by atoms with Gasteiger partial charge < -0.3 is 0 Å². The second kappa shape index (κ2) is 2.55. The van der Waals surface area contributed by atoms with Crippen molar-refractivity contribution in [3.63, 3.8) is 0 Å². The summed E-state index contributed by atoms with van der Waals surface area (Å²) in [6.07, 6.45) is 12.1. The standard InChI is InChI=1S/C9H7NS/c11-9-6-5-7-3-1-2-4-8(7)10-9/h1-7H. The van der Waals surface area contributed by atoms with E-state index >= 15 is 0 Å². The van der Waals surface area contributed by atoms with Crippen LogP contribution in [-0.4, -0.2) is 10.7 Å². The van der Waals surface area contributed by atoms with Gasteiger partial charge in [0.05, 0.1) is 5.71 Å². The van der Waals surface area contributed by atoms with E-state index in [2.05, 4.69) is 17.1 Å². The van der Waals surface area contributed by atoms with E-state index in [1.54, 1.807) is 0 Å². The number of allylic oxidation sites excluding steroid dienone is 5. The first-order valence-corrected chi connectivity index (χ1v) is 3.93. The monoisotopic (exact) mass is 161 g/mol. The maximum atomic E-state index is 4.94. The summed E-state index contributed by atoms with van der Waals surface area (Å²) < 4.78 is 0. The molecule has 1 heterocycles. The first-order valence-electron chi connectivity index (χ1n) is 3.52. The van der Waals surface area contributed by atoms with Crippen LogP contribution in [0.1, 0.15) is 0 Å². The number of dihydropyridines is 1. The van der Waals surface area contributed by atoms with E-state index in [1.807, 2.05) is 24.3 Å². The zero-order valence-electron chi connectivity index (χ0n) is 5.90. The van der Waals surface area contributed by atoms with Gasteiger partial charge in [-0.05, 0) is 12.2 Å². The third-order valence-electron chi connectivity index (χ3n) is 1.72. The highest BCUT2D eigenvalue weighted by molar-refractivity contribution is 7.80. The summed E-state index contributed by atoms with van der Waals surface area (Å²) in [5.41, 5.74) is 1.06. The Morgan fingerprint density at radius 2 is 2.09 bits per heavy atom. The fourth-order valence-corrected chi connectivity index (χ4v) is 1.36. The highest BCUT2D eigenvalue weighted by Crippen LogP contribution is 2.15. The molecule has 0 bridgehead atoms. The molecule has 11 heavy (non-hydrogen) atoms. The van der Waals surface area contributed by atoms with Crippen LogP contribution in [0.3, 0.4) is 0 Å². The van der Waals surface area contributed by atoms with Crippen LogP contribution in [0.4, 0.5) is 0 Å². The Labute approximate surface area is 70.8 Å². The van der Waals surface area contributed by atoms with Crippen molar-refractivity contribution in [3.8, 4) is 0 Å². The molecule has 0 amide bonds. The van der Waals surface area contributed by atoms with Gasteiger partial charge >= 0.3 is 0 Å². The van der Waals surface area contributed by atoms with Crippen LogP contribution >= 0.6 is 12.2 Å². The largest absolute Gasteiger partial charge is 0.241 e. The lowest BCUT2D eigenvalue weighted by molar-refractivity contribution is 1.12. The molecule has 1 aliphatic heterocycles. The van der Waals surface area contributed by atoms with Crippen molar-refractivity contribution in [2.45, 2.75) is 0 Å². The van der Waals surface area contributed by atoms with Crippen molar-refractivity contribution < 1.29 is 0 Å². The van der Waals surface area contributed by atoms with Crippen LogP contribution in [0.5, 0.6) is 0 Å². The van der Waals surface area contributed by atoms with Crippen LogP contribution in [0.25, 0.3) is 0 Å². The van der Waals surface area contributed by atoms with Gasteiger partial charge in [-0.25, -0.2) is 4.99 Å². The van der Waals surface area contributed by atoms with Gasteiger partial charge in [0.2, 0.25) is 0 Å². The number of nitrogens with zero attached hydrogens (tertiary/aromatic N) is 1. The second-order valence-electron chi connectivity index (χ2n) is 2.50. The molecule has 0 aromatic heterocycles. The first kappa shape index (κ1) is 6.68. The van der Waals surface area contributed by atoms with Crippen molar-refractivity contribution in [2.75, 3.05) is 0 Å². The Morgan fingerprint density at radius 3 is 3.00 bits per heavy atom. The third-order valence-corrected chi connectivity index (χ3v) is 1.95. The van der Waals surface area contributed by atoms with Crippen molar-refractivity contribution in [1.29, 1.82) is 0 Å². The van der Waals surface area contributed by atoms with Crippen LogP contribution < -0.4 is 0 Å². The molecule has 0 radical (unpaired) electrons. The predicted octanol–water partition coefficient (Wildman–Crippen LogP) is 2.07. The Hall–Kier alpha value is -1.02. The highest BCUT2D eigenvalue weighted by Gasteiger charge is 2.12. The smallest absolute Gasteiger partial charge is 0.126 e. The molecule has 1 atom stereocenters. The Kier molecular flexibility index (Phi) is 1.55. The zero-order valence-corrected chi connectivity index (χ0v) is 6.71. The first-order chi connectivity index (χ1) is 5.36. The molecule has 0 fully saturated rings. The molecular weight excluding hydrogens is 154 g/mol. The Morgan fingerprint density at radius 1 is 1.18 bits per heavy atom. The SMILES string of the molecule is S=C1C=CC2C=CC=CC2=N1. The quantitative estimate of drug-likeness (QED) is 0.495. The predicted molar refractivity (Wildman–Crippen MR) is 50.9 cm³/mol. The summed E-state index contributed by atoms with van der Waals surface area (Å²) >= 11 is 4.94. The van der Waals surface area contributed by atoms with E-state index in [-0.39, 0.29) is 0 Å². The van der Waals surface area contributed by atoms with Crippen molar-refractivity contribution in [1.82, 2.24) is 0 Å². The van der Waals surface area contributed by atoms with E-state index in [1.165, 1.54) is 0 Å². The number of hydrogen-bond acceptors (Lipinski definition) is 1. The van der Waals surface area contributed by atoms with Gasteiger partial charge in [0.1, 0.15) is 4.99 Å². The van der Waals surface area contributed by atoms with Crippen molar-refractivity contribution in [2.24, 2.45) is 10.9 Å². The average molecular weight is 161 g/mol. The summed E-state index contributed by atoms with van der Waals surface area (Å²) in [5.74, 6) is 0.353. The molecule has 2 heteroatoms. The molecule has 0 spiro atoms. The molecule has 1 aliphatic carbocycles. The lowest BCUT2D eigenvalue weighted by Gasteiger charge is -2.14. The summed E-state index contributed by atoms with van der Waals surface area (Å²) in [6, 6.07) is 0. The van der Waals surface area contributed by atoms with Crippen molar-refractivity contribution in [3.05, 3.63) is 36.5 Å². The number of thiocarbonyl (C=S) groups is 1. The highest BCUT2D eigenvalue weighted by atomic mass is 32.1. The van der Waals surface area contributed by atoms with E-state index in [4.69, 9.17) is 12.2 Å². The zero-order chi connectivity index (χ0) is 7.68. The Bertz CT molecular complexity index is 308. The van der Waals surface area contributed by atoms with Gasteiger partial charge in [-0.2, -0.15) is 0 Å². The molecule has 0 saturated heterocycles. The number of rotatable bonds is 0. The molecule has 0 aromatic carbocycles. The van der Waals surface area contributed by atoms with Crippen LogP contribution in [-0.2, 0) is 0 Å². The molecule has 2 rings (SSSR count). The Balaban J connectivity index is 2.39. The normalized spacial score (nSPS) is 26.7. The summed E-state index contributed by atoms with van der Waals surface area (Å²) in [6.45, 7) is 0. The van der Waals surface area contributed by atoms with E-state index < -0.39 is 0 Å². The molecular formula is C9H7NS. The molecule has 54 valence electrons. The van der Waals surface area contributed by atoms with Crippen LogP contribution in [0.15, 0.2) is 41.4 Å². The minimum absolute atomic E-state index is 0.353. The lowest BCUT2D eigenvalue weighted by atomic mass is 9.96. The fraction of sp³-hybridized carbons (Fsp3) is 0.111. The third kappa shape index (κ3) is 1.21. The summed E-state index contributed by atoms with van der Waals surface area (Å²) in [5, 5.41) is 0. The van der Waals surface area contributed by atoms with E-state index in [0.717, 1.165) is 5.71 Å². The molecule has 1 unspecified atom stereocenters. The fourth-order valence-electron chi connectivity index (χ4n) is 1.17.